The summed E-state index contributed by atoms with van der Waals surface area (Å²) in [6.07, 6.45) is 0.172. The van der Waals surface area contributed by atoms with E-state index in [0.717, 1.165) is 12.1 Å². The van der Waals surface area contributed by atoms with Gasteiger partial charge in [0.1, 0.15) is 5.75 Å². The lowest BCUT2D eigenvalue weighted by molar-refractivity contribution is -0.137. The minimum atomic E-state index is -4.44. The molecule has 140 valence electrons. The van der Waals surface area contributed by atoms with Crippen LogP contribution >= 0.6 is 0 Å². The van der Waals surface area contributed by atoms with Crippen LogP contribution in [0.2, 0.25) is 0 Å². The highest BCUT2D eigenvalue weighted by molar-refractivity contribution is 5.96. The third-order valence-corrected chi connectivity index (χ3v) is 3.76. The predicted molar refractivity (Wildman–Crippen MR) is 90.5 cm³/mol. The molecule has 27 heavy (non-hydrogen) atoms. The van der Waals surface area contributed by atoms with Crippen LogP contribution in [0.5, 0.6) is 5.75 Å². The van der Waals surface area contributed by atoms with Crippen LogP contribution in [0.1, 0.15) is 21.5 Å². The first kappa shape index (κ1) is 18.4. The van der Waals surface area contributed by atoms with Gasteiger partial charge in [0.05, 0.1) is 18.2 Å². The van der Waals surface area contributed by atoms with Gasteiger partial charge in [-0.3, -0.25) is 4.79 Å². The van der Waals surface area contributed by atoms with Gasteiger partial charge in [0, 0.05) is 31.2 Å². The van der Waals surface area contributed by atoms with E-state index < -0.39 is 17.6 Å². The first-order valence-electron chi connectivity index (χ1n) is 7.87. The van der Waals surface area contributed by atoms with Gasteiger partial charge in [0.25, 0.3) is 5.91 Å². The highest BCUT2D eigenvalue weighted by atomic mass is 19.4. The molecule has 1 aromatic carbocycles. The van der Waals surface area contributed by atoms with Crippen LogP contribution in [-0.4, -0.2) is 27.8 Å². The summed E-state index contributed by atoms with van der Waals surface area (Å²) in [6, 6.07) is 8.05. The Bertz CT molecular complexity index is 940. The molecule has 0 atom stereocenters. The van der Waals surface area contributed by atoms with Crippen LogP contribution in [0.3, 0.4) is 0 Å². The van der Waals surface area contributed by atoms with Crippen LogP contribution in [0.4, 0.5) is 13.2 Å². The Balaban J connectivity index is 1.75. The topological polar surface area (TPSA) is 69.0 Å². The zero-order valence-electron chi connectivity index (χ0n) is 14.2. The highest BCUT2D eigenvalue weighted by Crippen LogP contribution is 2.29. The molecular formula is C18H15F3N4O2. The average molecular weight is 376 g/mol. The number of benzene rings is 1. The van der Waals surface area contributed by atoms with Crippen molar-refractivity contribution in [3.05, 3.63) is 71.7 Å². The zero-order chi connectivity index (χ0) is 19.4. The number of halogens is 3. The number of carbonyl (C=O) groups excluding carboxylic acids is 1. The second-order valence-electron chi connectivity index (χ2n) is 5.57. The van der Waals surface area contributed by atoms with Crippen molar-refractivity contribution in [2.45, 2.75) is 12.7 Å². The number of carbonyl (C=O) groups is 1. The van der Waals surface area contributed by atoms with Crippen LogP contribution in [0.15, 0.2) is 55.0 Å². The smallest absolute Gasteiger partial charge is 0.416 e. The Labute approximate surface area is 152 Å². The van der Waals surface area contributed by atoms with Crippen molar-refractivity contribution in [1.29, 1.82) is 0 Å². The maximum Gasteiger partial charge on any atom is 0.416 e. The number of ether oxygens (including phenoxy) is 1. The molecule has 0 fully saturated rings. The second-order valence-corrected chi connectivity index (χ2v) is 5.57. The van der Waals surface area contributed by atoms with Crippen LogP contribution < -0.4 is 10.1 Å². The van der Waals surface area contributed by atoms with Crippen molar-refractivity contribution >= 4 is 5.91 Å². The molecule has 0 saturated carbocycles. The van der Waals surface area contributed by atoms with E-state index in [9.17, 15) is 18.0 Å². The van der Waals surface area contributed by atoms with Gasteiger partial charge < -0.3 is 10.1 Å². The number of hydrogen-bond donors (Lipinski definition) is 1. The van der Waals surface area contributed by atoms with Gasteiger partial charge in [0.15, 0.2) is 5.82 Å². The molecule has 3 aromatic rings. The standard InChI is InChI=1S/C18H15F3N4O2/c1-27-15-9-16(25-7-3-6-24-25)22-11-14(15)17(26)23-10-12-4-2-5-13(8-12)18(19,20)21/h2-9,11H,10H2,1H3,(H,23,26). The zero-order valence-corrected chi connectivity index (χ0v) is 14.2. The van der Waals surface area contributed by atoms with Crippen molar-refractivity contribution in [3.63, 3.8) is 0 Å². The third kappa shape index (κ3) is 4.25. The van der Waals surface area contributed by atoms with E-state index in [1.807, 2.05) is 0 Å². The van der Waals surface area contributed by atoms with Gasteiger partial charge in [-0.1, -0.05) is 12.1 Å². The molecule has 3 rings (SSSR count). The number of alkyl halides is 3. The molecule has 2 heterocycles. The fourth-order valence-electron chi connectivity index (χ4n) is 2.43. The predicted octanol–water partition coefficient (Wildman–Crippen LogP) is 3.22. The number of rotatable bonds is 5. The summed E-state index contributed by atoms with van der Waals surface area (Å²) in [6.45, 7) is -0.0627. The van der Waals surface area contributed by atoms with Crippen LogP contribution in [0, 0.1) is 0 Å². The molecule has 0 unspecified atom stereocenters. The van der Waals surface area contributed by atoms with Crippen LogP contribution in [0.25, 0.3) is 5.82 Å². The molecule has 0 aliphatic heterocycles. The number of nitrogens with zero attached hydrogens (tertiary/aromatic N) is 3. The fourth-order valence-corrected chi connectivity index (χ4v) is 2.43. The van der Waals surface area contributed by atoms with Crippen LogP contribution in [-0.2, 0) is 12.7 Å². The lowest BCUT2D eigenvalue weighted by Crippen LogP contribution is -2.24. The number of methoxy groups -OCH3 is 1. The summed E-state index contributed by atoms with van der Waals surface area (Å²) in [5.41, 5.74) is -0.268. The fraction of sp³-hybridized carbons (Fsp3) is 0.167. The normalized spacial score (nSPS) is 11.3. The maximum absolute atomic E-state index is 12.8. The summed E-state index contributed by atoms with van der Waals surface area (Å²) in [5, 5.41) is 6.62. The Morgan fingerprint density at radius 1 is 1.26 bits per heavy atom. The quantitative estimate of drug-likeness (QED) is 0.742. The minimum Gasteiger partial charge on any atom is -0.496 e. The van der Waals surface area contributed by atoms with E-state index in [2.05, 4.69) is 15.4 Å². The van der Waals surface area contributed by atoms with E-state index in [1.165, 1.54) is 30.1 Å². The molecule has 9 heteroatoms. The molecule has 0 radical (unpaired) electrons. The average Bonchev–Trinajstić information content (AvgIpc) is 3.20. The Hall–Kier alpha value is -3.36. The molecule has 0 aliphatic carbocycles. The van der Waals surface area contributed by atoms with Crippen molar-refractivity contribution < 1.29 is 22.7 Å². The van der Waals surface area contributed by atoms with Gasteiger partial charge in [-0.2, -0.15) is 18.3 Å². The molecule has 1 amide bonds. The summed E-state index contributed by atoms with van der Waals surface area (Å²) >= 11 is 0. The Kier molecular flexibility index (Phi) is 5.11. The van der Waals surface area contributed by atoms with Gasteiger partial charge in [-0.15, -0.1) is 0 Å². The van der Waals surface area contributed by atoms with Gasteiger partial charge >= 0.3 is 6.18 Å². The molecule has 0 aliphatic rings. The summed E-state index contributed by atoms with van der Waals surface area (Å²) in [5.74, 6) is 0.229. The molecule has 0 spiro atoms. The van der Waals surface area contributed by atoms with Crippen molar-refractivity contribution in [2.24, 2.45) is 0 Å². The van der Waals surface area contributed by atoms with E-state index in [0.29, 0.717) is 11.4 Å². The van der Waals surface area contributed by atoms with E-state index in [4.69, 9.17) is 4.74 Å². The Morgan fingerprint density at radius 2 is 2.07 bits per heavy atom. The van der Waals surface area contributed by atoms with Gasteiger partial charge in [-0.25, -0.2) is 9.67 Å². The van der Waals surface area contributed by atoms with E-state index in [1.54, 1.807) is 24.5 Å². The van der Waals surface area contributed by atoms with Crippen molar-refractivity contribution in [3.8, 4) is 11.6 Å². The molecule has 2 aromatic heterocycles. The number of nitrogens with one attached hydrogen (secondary N) is 1. The summed E-state index contributed by atoms with van der Waals surface area (Å²) in [4.78, 5) is 16.6. The molecule has 0 saturated heterocycles. The molecular weight excluding hydrogens is 361 g/mol. The SMILES string of the molecule is COc1cc(-n2cccn2)ncc1C(=O)NCc1cccc(C(F)(F)F)c1. The van der Waals surface area contributed by atoms with Crippen molar-refractivity contribution in [1.82, 2.24) is 20.1 Å². The van der Waals surface area contributed by atoms with E-state index >= 15 is 0 Å². The highest BCUT2D eigenvalue weighted by Gasteiger charge is 2.30. The largest absolute Gasteiger partial charge is 0.496 e. The van der Waals surface area contributed by atoms with E-state index in [-0.39, 0.29) is 17.9 Å². The van der Waals surface area contributed by atoms with Crippen molar-refractivity contribution in [2.75, 3.05) is 7.11 Å². The lowest BCUT2D eigenvalue weighted by atomic mass is 10.1. The number of amides is 1. The Morgan fingerprint density at radius 3 is 2.74 bits per heavy atom. The van der Waals surface area contributed by atoms with Gasteiger partial charge in [-0.05, 0) is 23.8 Å². The summed E-state index contributed by atoms with van der Waals surface area (Å²) in [7, 11) is 1.41. The lowest BCUT2D eigenvalue weighted by Gasteiger charge is -2.12. The monoisotopic (exact) mass is 376 g/mol. The number of aromatic nitrogens is 3. The van der Waals surface area contributed by atoms with Gasteiger partial charge in [0.2, 0.25) is 0 Å². The second kappa shape index (κ2) is 7.48. The molecule has 6 nitrogen and oxygen atoms in total. The summed E-state index contributed by atoms with van der Waals surface area (Å²) < 4.78 is 45.0. The first-order valence-corrected chi connectivity index (χ1v) is 7.87. The molecule has 1 N–H and O–H groups in total. The first-order chi connectivity index (χ1) is 12.9. The third-order valence-electron chi connectivity index (χ3n) is 3.76. The number of pyridine rings is 1. The number of hydrogen-bond acceptors (Lipinski definition) is 4. The maximum atomic E-state index is 12.8. The minimum absolute atomic E-state index is 0.0627. The molecule has 0 bridgehead atoms.